The van der Waals surface area contributed by atoms with Crippen molar-refractivity contribution in [2.75, 3.05) is 25.7 Å². The Balaban J connectivity index is 1.67. The van der Waals surface area contributed by atoms with Gasteiger partial charge in [-0.1, -0.05) is 42.3 Å². The molecule has 0 bridgehead atoms. The van der Waals surface area contributed by atoms with Gasteiger partial charge in [-0.05, 0) is 47.5 Å². The fourth-order valence-corrected chi connectivity index (χ4v) is 4.87. The number of alkyl halides is 3. The summed E-state index contributed by atoms with van der Waals surface area (Å²) in [5, 5.41) is 11.2. The second kappa shape index (κ2) is 10.6. The Morgan fingerprint density at radius 3 is 2.28 bits per heavy atom. The van der Waals surface area contributed by atoms with E-state index in [9.17, 15) is 27.9 Å². The number of esters is 1. The largest absolute Gasteiger partial charge is 0.482 e. The normalized spacial score (nSPS) is 15.6. The van der Waals surface area contributed by atoms with Gasteiger partial charge >= 0.3 is 12.1 Å². The molecule has 1 amide bonds. The lowest BCUT2D eigenvalue weighted by molar-refractivity contribution is -0.274. The summed E-state index contributed by atoms with van der Waals surface area (Å²) in [5.41, 5.74) is -3.62. The second-order valence-electron chi connectivity index (χ2n) is 8.83. The number of carbonyl (C=O) groups excluding carboxylic acids is 2. The summed E-state index contributed by atoms with van der Waals surface area (Å²) in [5.74, 6) is -2.00. The van der Waals surface area contributed by atoms with Gasteiger partial charge in [-0.15, -0.1) is 0 Å². The lowest BCUT2D eigenvalue weighted by Crippen LogP contribution is -2.47. The molecular formula is C27H22Cl2F3NO6. The minimum Gasteiger partial charge on any atom is -0.482 e. The first kappa shape index (κ1) is 28.5. The van der Waals surface area contributed by atoms with E-state index in [-0.39, 0.29) is 50.7 Å². The van der Waals surface area contributed by atoms with Crippen LogP contribution in [0.5, 0.6) is 17.2 Å². The van der Waals surface area contributed by atoms with E-state index in [1.165, 1.54) is 68.4 Å². The van der Waals surface area contributed by atoms with Crippen molar-refractivity contribution in [1.82, 2.24) is 0 Å². The monoisotopic (exact) mass is 583 g/mol. The Morgan fingerprint density at radius 1 is 1.05 bits per heavy atom. The van der Waals surface area contributed by atoms with Crippen LogP contribution in [0.15, 0.2) is 54.6 Å². The first-order valence-electron chi connectivity index (χ1n) is 11.5. The fraction of sp³-hybridized carbons (Fsp3) is 0.259. The van der Waals surface area contributed by atoms with E-state index < -0.39 is 35.1 Å². The van der Waals surface area contributed by atoms with Gasteiger partial charge in [0.25, 0.3) is 5.91 Å². The smallest absolute Gasteiger partial charge is 0.422 e. The number of methoxy groups -OCH3 is 1. The van der Waals surface area contributed by atoms with Crippen molar-refractivity contribution in [2.24, 2.45) is 0 Å². The summed E-state index contributed by atoms with van der Waals surface area (Å²) in [6.45, 7) is 0.958. The molecule has 1 N–H and O–H groups in total. The topological polar surface area (TPSA) is 85.3 Å². The average Bonchev–Trinajstić information content (AvgIpc) is 2.89. The zero-order valence-corrected chi connectivity index (χ0v) is 22.3. The van der Waals surface area contributed by atoms with Crippen LogP contribution >= 0.6 is 23.2 Å². The van der Waals surface area contributed by atoms with Gasteiger partial charge in [-0.25, -0.2) is 4.79 Å². The van der Waals surface area contributed by atoms with Crippen LogP contribution in [0.4, 0.5) is 18.9 Å². The summed E-state index contributed by atoms with van der Waals surface area (Å²) >= 11 is 12.5. The van der Waals surface area contributed by atoms with E-state index in [0.29, 0.717) is 0 Å². The number of rotatable bonds is 6. The molecule has 2 atom stereocenters. The van der Waals surface area contributed by atoms with E-state index in [1.807, 2.05) is 0 Å². The van der Waals surface area contributed by atoms with E-state index in [1.54, 1.807) is 0 Å². The summed E-state index contributed by atoms with van der Waals surface area (Å²) < 4.78 is 59.2. The molecule has 1 aliphatic rings. The number of fused-ring (bicyclic) bond motifs is 1. The summed E-state index contributed by atoms with van der Waals surface area (Å²) in [6, 6.07) is 11.7. The highest BCUT2D eigenvalue weighted by atomic mass is 35.5. The van der Waals surface area contributed by atoms with Crippen molar-refractivity contribution < 1.29 is 42.1 Å². The predicted molar refractivity (Wildman–Crippen MR) is 138 cm³/mol. The minimum absolute atomic E-state index is 0.00122. The Kier molecular flexibility index (Phi) is 7.75. The molecule has 0 spiro atoms. The number of ether oxygens (including phenoxy) is 3. The maximum absolute atomic E-state index is 14.5. The molecule has 3 aromatic carbocycles. The highest BCUT2D eigenvalue weighted by Crippen LogP contribution is 2.51. The molecule has 3 aromatic rings. The number of halogens is 5. The molecule has 0 saturated carbocycles. The zero-order valence-electron chi connectivity index (χ0n) is 20.8. The van der Waals surface area contributed by atoms with Gasteiger partial charge in [0.1, 0.15) is 17.2 Å². The summed E-state index contributed by atoms with van der Waals surface area (Å²) in [6.07, 6.45) is -5.12. The molecule has 39 heavy (non-hydrogen) atoms. The average molecular weight is 584 g/mol. The molecule has 0 fully saturated rings. The molecule has 0 aliphatic carbocycles. The highest BCUT2D eigenvalue weighted by molar-refractivity contribution is 6.33. The molecule has 7 nitrogen and oxygen atoms in total. The van der Waals surface area contributed by atoms with Gasteiger partial charge in [-0.2, -0.15) is 13.2 Å². The minimum atomic E-state index is -5.12. The first-order chi connectivity index (χ1) is 18.3. The molecule has 2 unspecified atom stereocenters. The van der Waals surface area contributed by atoms with Crippen molar-refractivity contribution in [1.29, 1.82) is 0 Å². The second-order valence-corrected chi connectivity index (χ2v) is 9.64. The van der Waals surface area contributed by atoms with Gasteiger partial charge < -0.3 is 24.2 Å². The van der Waals surface area contributed by atoms with Crippen LogP contribution in [-0.2, 0) is 15.1 Å². The lowest BCUT2D eigenvalue weighted by atomic mass is 9.77. The Labute approximate surface area is 231 Å². The number of hydrogen-bond acceptors (Lipinski definition) is 6. The molecular weight excluding hydrogens is 562 g/mol. The van der Waals surface area contributed by atoms with E-state index in [4.69, 9.17) is 32.7 Å². The van der Waals surface area contributed by atoms with Crippen molar-refractivity contribution in [3.63, 3.8) is 0 Å². The molecule has 0 aromatic heterocycles. The lowest BCUT2D eigenvalue weighted by Gasteiger charge is -2.38. The van der Waals surface area contributed by atoms with Gasteiger partial charge in [0, 0.05) is 24.1 Å². The summed E-state index contributed by atoms with van der Waals surface area (Å²) in [4.78, 5) is 24.9. The van der Waals surface area contributed by atoms with Crippen LogP contribution in [0, 0.1) is 0 Å². The number of carbonyl (C=O) groups is 2. The van der Waals surface area contributed by atoms with E-state index in [2.05, 4.69) is 4.74 Å². The third-order valence-electron chi connectivity index (χ3n) is 6.56. The van der Waals surface area contributed by atoms with Crippen LogP contribution in [0.25, 0.3) is 0 Å². The zero-order chi connectivity index (χ0) is 28.7. The van der Waals surface area contributed by atoms with E-state index >= 15 is 0 Å². The maximum atomic E-state index is 14.5. The van der Waals surface area contributed by atoms with Crippen molar-refractivity contribution in [2.45, 2.75) is 24.6 Å². The standard InChI is InChI=1S/C27H22Cl2F3NO6/c1-14(26(36,27(30,31)32)15-4-9-23-22(10-15)33(2)24(34)13-38-23)18-7-5-16(11-20(18)28)39-17-6-8-19(21(29)12-17)25(35)37-3/h4-12,14,36H,13H2,1-3H3. The first-order valence-corrected chi connectivity index (χ1v) is 12.2. The van der Waals surface area contributed by atoms with Crippen LogP contribution < -0.4 is 14.4 Å². The number of likely N-dealkylation sites (N-methyl/N-ethyl adjacent to an activating group) is 1. The molecule has 1 heterocycles. The van der Waals surface area contributed by atoms with Crippen LogP contribution in [0.3, 0.4) is 0 Å². The maximum Gasteiger partial charge on any atom is 0.422 e. The predicted octanol–water partition coefficient (Wildman–Crippen LogP) is 6.48. The van der Waals surface area contributed by atoms with Crippen molar-refractivity contribution >= 4 is 40.8 Å². The molecule has 4 rings (SSSR count). The van der Waals surface area contributed by atoms with Gasteiger partial charge in [0.05, 0.1) is 23.4 Å². The number of anilines is 1. The number of hydrogen-bond donors (Lipinski definition) is 1. The number of nitrogens with zero attached hydrogens (tertiary/aromatic N) is 1. The number of amides is 1. The summed E-state index contributed by atoms with van der Waals surface area (Å²) in [7, 11) is 2.63. The Bertz CT molecular complexity index is 1450. The molecule has 12 heteroatoms. The van der Waals surface area contributed by atoms with Crippen molar-refractivity contribution in [3.05, 3.63) is 81.3 Å². The van der Waals surface area contributed by atoms with Crippen LogP contribution in [-0.4, -0.2) is 43.9 Å². The van der Waals surface area contributed by atoms with Gasteiger partial charge in [0.15, 0.2) is 12.2 Å². The molecule has 206 valence electrons. The Hall–Kier alpha value is -3.47. The SMILES string of the molecule is COC(=O)c1ccc(Oc2ccc(C(C)C(O)(c3ccc4c(c3)N(C)C(=O)CO4)C(F)(F)F)c(Cl)c2)cc1Cl. The quantitative estimate of drug-likeness (QED) is 0.334. The molecule has 0 radical (unpaired) electrons. The van der Waals surface area contributed by atoms with Crippen molar-refractivity contribution in [3.8, 4) is 17.2 Å². The van der Waals surface area contributed by atoms with Gasteiger partial charge in [-0.3, -0.25) is 4.79 Å². The van der Waals surface area contributed by atoms with E-state index in [0.717, 1.165) is 12.1 Å². The molecule has 1 aliphatic heterocycles. The van der Waals surface area contributed by atoms with Crippen LogP contribution in [0.2, 0.25) is 10.0 Å². The third kappa shape index (κ3) is 5.24. The number of aliphatic hydroxyl groups is 1. The highest BCUT2D eigenvalue weighted by Gasteiger charge is 2.59. The Morgan fingerprint density at radius 2 is 1.69 bits per heavy atom. The van der Waals surface area contributed by atoms with Gasteiger partial charge in [0.2, 0.25) is 0 Å². The fourth-order valence-electron chi connectivity index (χ4n) is 4.29. The molecule has 0 saturated heterocycles. The number of benzene rings is 3. The van der Waals surface area contributed by atoms with Crippen LogP contribution in [0.1, 0.15) is 34.3 Å². The third-order valence-corrected chi connectivity index (χ3v) is 7.20.